The van der Waals surface area contributed by atoms with Gasteiger partial charge in [-0.25, -0.2) is 0 Å². The molecule has 0 aromatic rings. The van der Waals surface area contributed by atoms with E-state index in [-0.39, 0.29) is 5.54 Å². The van der Waals surface area contributed by atoms with Gasteiger partial charge in [0.1, 0.15) is 0 Å². The van der Waals surface area contributed by atoms with E-state index < -0.39 is 5.97 Å². The second-order valence-corrected chi connectivity index (χ2v) is 5.89. The molecule has 3 heteroatoms. The number of nitrogens with zero attached hydrogens (tertiary/aromatic N) is 1. The van der Waals surface area contributed by atoms with E-state index in [1.54, 1.807) is 0 Å². The first kappa shape index (κ1) is 13.5. The molecular weight excluding hydrogens is 202 g/mol. The van der Waals surface area contributed by atoms with Crippen LogP contribution in [-0.2, 0) is 4.79 Å². The Labute approximate surface area is 98.8 Å². The Balaban J connectivity index is 2.19. The standard InChI is InChI=1S/C13H25NO2/c1-13(2,3)14-9-7-11(8-10-14)5-4-6-12(15)16/h11H,4-10H2,1-3H3,(H,15,16). The number of carboxylic acid groups (broad SMARTS) is 1. The molecule has 1 N–H and O–H groups in total. The van der Waals surface area contributed by atoms with Crippen LogP contribution in [0.3, 0.4) is 0 Å². The molecule has 0 saturated carbocycles. The van der Waals surface area contributed by atoms with Gasteiger partial charge in [-0.2, -0.15) is 0 Å². The molecule has 1 aliphatic heterocycles. The van der Waals surface area contributed by atoms with Gasteiger partial charge in [-0.05, 0) is 65.5 Å². The lowest BCUT2D eigenvalue weighted by molar-refractivity contribution is -0.137. The molecule has 0 radical (unpaired) electrons. The lowest BCUT2D eigenvalue weighted by atomic mass is 9.89. The van der Waals surface area contributed by atoms with Gasteiger partial charge in [0.2, 0.25) is 0 Å². The molecule has 1 rings (SSSR count). The zero-order valence-electron chi connectivity index (χ0n) is 10.8. The lowest BCUT2D eigenvalue weighted by Gasteiger charge is -2.41. The molecule has 3 nitrogen and oxygen atoms in total. The van der Waals surface area contributed by atoms with E-state index in [0.717, 1.165) is 18.8 Å². The zero-order valence-corrected chi connectivity index (χ0v) is 10.8. The van der Waals surface area contributed by atoms with Gasteiger partial charge in [-0.15, -0.1) is 0 Å². The Morgan fingerprint density at radius 2 is 1.88 bits per heavy atom. The maximum absolute atomic E-state index is 10.4. The Kier molecular flexibility index (Phi) is 4.78. The van der Waals surface area contributed by atoms with Crippen molar-refractivity contribution in [1.82, 2.24) is 4.90 Å². The van der Waals surface area contributed by atoms with Crippen molar-refractivity contribution in [2.75, 3.05) is 13.1 Å². The van der Waals surface area contributed by atoms with Crippen LogP contribution >= 0.6 is 0 Å². The molecule has 0 aromatic carbocycles. The Hall–Kier alpha value is -0.570. The maximum Gasteiger partial charge on any atom is 0.303 e. The molecule has 0 aromatic heterocycles. The summed E-state index contributed by atoms with van der Waals surface area (Å²) in [4.78, 5) is 12.9. The normalized spacial score (nSPS) is 19.9. The molecule has 1 saturated heterocycles. The van der Waals surface area contributed by atoms with Crippen molar-refractivity contribution in [2.45, 2.75) is 58.4 Å². The SMILES string of the molecule is CC(C)(C)N1CCC(CCCC(=O)O)CC1. The van der Waals surface area contributed by atoms with E-state index in [0.29, 0.717) is 6.42 Å². The van der Waals surface area contributed by atoms with Gasteiger partial charge in [0.25, 0.3) is 0 Å². The van der Waals surface area contributed by atoms with Crippen LogP contribution in [0.2, 0.25) is 0 Å². The smallest absolute Gasteiger partial charge is 0.303 e. The molecule has 94 valence electrons. The van der Waals surface area contributed by atoms with Gasteiger partial charge in [0, 0.05) is 12.0 Å². The lowest BCUT2D eigenvalue weighted by Crippen LogP contribution is -2.46. The van der Waals surface area contributed by atoms with E-state index in [1.807, 2.05) is 0 Å². The summed E-state index contributed by atoms with van der Waals surface area (Å²) >= 11 is 0. The van der Waals surface area contributed by atoms with Gasteiger partial charge < -0.3 is 5.11 Å². The van der Waals surface area contributed by atoms with Crippen LogP contribution in [0.1, 0.15) is 52.9 Å². The zero-order chi connectivity index (χ0) is 12.2. The van der Waals surface area contributed by atoms with Gasteiger partial charge >= 0.3 is 5.97 Å². The quantitative estimate of drug-likeness (QED) is 0.803. The van der Waals surface area contributed by atoms with Gasteiger partial charge in [0.05, 0.1) is 0 Å². The predicted molar refractivity (Wildman–Crippen MR) is 65.5 cm³/mol. The van der Waals surface area contributed by atoms with Gasteiger partial charge in [-0.3, -0.25) is 9.69 Å². The van der Waals surface area contributed by atoms with E-state index >= 15 is 0 Å². The number of likely N-dealkylation sites (tertiary alicyclic amines) is 1. The van der Waals surface area contributed by atoms with Crippen LogP contribution in [0.25, 0.3) is 0 Å². The number of aliphatic carboxylic acids is 1. The molecule has 1 aliphatic rings. The summed E-state index contributed by atoms with van der Waals surface area (Å²) in [6, 6.07) is 0. The summed E-state index contributed by atoms with van der Waals surface area (Å²) in [5.41, 5.74) is 0.284. The third-order valence-electron chi connectivity index (χ3n) is 3.57. The molecule has 0 amide bonds. The maximum atomic E-state index is 10.4. The highest BCUT2D eigenvalue weighted by Crippen LogP contribution is 2.26. The van der Waals surface area contributed by atoms with Crippen LogP contribution in [0.15, 0.2) is 0 Å². The van der Waals surface area contributed by atoms with E-state index in [2.05, 4.69) is 25.7 Å². The Bertz CT molecular complexity index is 225. The second-order valence-electron chi connectivity index (χ2n) is 5.89. The van der Waals surface area contributed by atoms with Crippen molar-refractivity contribution in [3.8, 4) is 0 Å². The third-order valence-corrected chi connectivity index (χ3v) is 3.57. The molecule has 0 atom stereocenters. The van der Waals surface area contributed by atoms with Crippen LogP contribution in [0.4, 0.5) is 0 Å². The van der Waals surface area contributed by atoms with Gasteiger partial charge in [0.15, 0.2) is 0 Å². The number of hydrogen-bond acceptors (Lipinski definition) is 2. The Morgan fingerprint density at radius 3 is 2.31 bits per heavy atom. The van der Waals surface area contributed by atoms with E-state index in [1.165, 1.54) is 25.9 Å². The van der Waals surface area contributed by atoms with Gasteiger partial charge in [-0.1, -0.05) is 0 Å². The molecular formula is C13H25NO2. The average molecular weight is 227 g/mol. The minimum absolute atomic E-state index is 0.284. The fraction of sp³-hybridized carbons (Fsp3) is 0.923. The van der Waals surface area contributed by atoms with Crippen LogP contribution in [0, 0.1) is 5.92 Å². The number of carbonyl (C=O) groups is 1. The summed E-state index contributed by atoms with van der Waals surface area (Å²) in [5.74, 6) is 0.0880. The topological polar surface area (TPSA) is 40.5 Å². The molecule has 0 bridgehead atoms. The van der Waals surface area contributed by atoms with Crippen LogP contribution in [-0.4, -0.2) is 34.6 Å². The fourth-order valence-electron chi connectivity index (χ4n) is 2.43. The first-order chi connectivity index (χ1) is 7.39. The Morgan fingerprint density at radius 1 is 1.31 bits per heavy atom. The van der Waals surface area contributed by atoms with Crippen LogP contribution < -0.4 is 0 Å². The molecule has 0 spiro atoms. The first-order valence-corrected chi connectivity index (χ1v) is 6.36. The van der Waals surface area contributed by atoms with Crippen LogP contribution in [0.5, 0.6) is 0 Å². The summed E-state index contributed by atoms with van der Waals surface area (Å²) in [6.45, 7) is 9.12. The van der Waals surface area contributed by atoms with Crippen molar-refractivity contribution >= 4 is 5.97 Å². The number of piperidine rings is 1. The van der Waals surface area contributed by atoms with Crippen molar-refractivity contribution in [3.05, 3.63) is 0 Å². The fourth-order valence-corrected chi connectivity index (χ4v) is 2.43. The predicted octanol–water partition coefficient (Wildman–Crippen LogP) is 2.75. The first-order valence-electron chi connectivity index (χ1n) is 6.36. The van der Waals surface area contributed by atoms with E-state index in [9.17, 15) is 4.79 Å². The van der Waals surface area contributed by atoms with Crippen molar-refractivity contribution in [3.63, 3.8) is 0 Å². The molecule has 1 heterocycles. The molecule has 0 aliphatic carbocycles. The minimum atomic E-state index is -0.660. The number of rotatable bonds is 4. The highest BCUT2D eigenvalue weighted by atomic mass is 16.4. The monoisotopic (exact) mass is 227 g/mol. The number of carboxylic acids is 1. The number of hydrogen-bond donors (Lipinski definition) is 1. The molecule has 0 unspecified atom stereocenters. The summed E-state index contributed by atoms with van der Waals surface area (Å²) in [6.07, 6.45) is 4.73. The molecule has 16 heavy (non-hydrogen) atoms. The summed E-state index contributed by atoms with van der Waals surface area (Å²) in [5, 5.41) is 8.58. The molecule has 1 fully saturated rings. The summed E-state index contributed by atoms with van der Waals surface area (Å²) < 4.78 is 0. The third kappa shape index (κ3) is 4.52. The highest BCUT2D eigenvalue weighted by Gasteiger charge is 2.26. The van der Waals surface area contributed by atoms with Crippen molar-refractivity contribution in [2.24, 2.45) is 5.92 Å². The van der Waals surface area contributed by atoms with E-state index in [4.69, 9.17) is 5.11 Å². The van der Waals surface area contributed by atoms with Crippen molar-refractivity contribution in [1.29, 1.82) is 0 Å². The second kappa shape index (κ2) is 5.67. The highest BCUT2D eigenvalue weighted by molar-refractivity contribution is 5.66. The summed E-state index contributed by atoms with van der Waals surface area (Å²) in [7, 11) is 0. The largest absolute Gasteiger partial charge is 0.481 e. The average Bonchev–Trinajstić information content (AvgIpc) is 2.16. The van der Waals surface area contributed by atoms with Crippen molar-refractivity contribution < 1.29 is 9.90 Å². The minimum Gasteiger partial charge on any atom is -0.481 e.